The van der Waals surface area contributed by atoms with Gasteiger partial charge < -0.3 is 20.5 Å². The summed E-state index contributed by atoms with van der Waals surface area (Å²) in [6, 6.07) is 5.34. The lowest BCUT2D eigenvalue weighted by Crippen LogP contribution is -2.42. The van der Waals surface area contributed by atoms with Crippen LogP contribution >= 0.6 is 0 Å². The molecule has 31 heavy (non-hydrogen) atoms. The van der Waals surface area contributed by atoms with Gasteiger partial charge in [0.25, 0.3) is 5.91 Å². The molecule has 1 amide bonds. The summed E-state index contributed by atoms with van der Waals surface area (Å²) in [6.07, 6.45) is 1.44. The molecule has 0 saturated heterocycles. The van der Waals surface area contributed by atoms with Gasteiger partial charge in [-0.15, -0.1) is 0 Å². The number of carbonyl (C=O) groups excluding carboxylic acids is 1. The summed E-state index contributed by atoms with van der Waals surface area (Å²) in [5.74, 6) is 0.403. The Morgan fingerprint density at radius 2 is 2.03 bits per heavy atom. The topological polar surface area (TPSA) is 114 Å². The van der Waals surface area contributed by atoms with Crippen LogP contribution in [-0.4, -0.2) is 62.1 Å². The predicted molar refractivity (Wildman–Crippen MR) is 115 cm³/mol. The second kappa shape index (κ2) is 8.84. The predicted octanol–water partition coefficient (Wildman–Crippen LogP) is 2.46. The van der Waals surface area contributed by atoms with Crippen molar-refractivity contribution in [2.24, 2.45) is 0 Å². The lowest BCUT2D eigenvalue weighted by molar-refractivity contribution is -0.00177. The Bertz CT molecular complexity index is 1060. The van der Waals surface area contributed by atoms with Crippen molar-refractivity contribution >= 4 is 17.4 Å². The smallest absolute Gasteiger partial charge is 0.256 e. The number of nitrogens with one attached hydrogen (secondary N) is 2. The number of alkyl halides is 1. The molecular weight excluding hydrogens is 403 g/mol. The standard InChI is InChI=1S/C21H27FN6O3/c1-12(2)26-19-14(20(29)25-11-16(22)21(3,4)30)10-23-17-8-15(27-28(17)19)13-6-7-18(31-5)24-9-13/h6-10,12,16,26,30H,11H2,1-5H3,(H,25,29). The number of halogens is 1. The fourth-order valence-electron chi connectivity index (χ4n) is 2.83. The molecule has 0 spiro atoms. The third-order valence-electron chi connectivity index (χ3n) is 4.60. The number of aromatic nitrogens is 4. The highest BCUT2D eigenvalue weighted by Gasteiger charge is 2.27. The van der Waals surface area contributed by atoms with Crippen molar-refractivity contribution < 1.29 is 19.0 Å². The highest BCUT2D eigenvalue weighted by Crippen LogP contribution is 2.24. The number of rotatable bonds is 8. The molecular formula is C21H27FN6O3. The van der Waals surface area contributed by atoms with Gasteiger partial charge in [-0.05, 0) is 33.8 Å². The summed E-state index contributed by atoms with van der Waals surface area (Å²) in [5.41, 5.74) is 0.575. The largest absolute Gasteiger partial charge is 0.481 e. The summed E-state index contributed by atoms with van der Waals surface area (Å²) in [6.45, 7) is 6.23. The zero-order valence-electron chi connectivity index (χ0n) is 18.2. The van der Waals surface area contributed by atoms with Gasteiger partial charge in [0.15, 0.2) is 5.65 Å². The van der Waals surface area contributed by atoms with Crippen molar-refractivity contribution in [1.29, 1.82) is 0 Å². The molecule has 3 heterocycles. The highest BCUT2D eigenvalue weighted by molar-refractivity contribution is 5.99. The zero-order chi connectivity index (χ0) is 22.8. The number of carbonyl (C=O) groups is 1. The van der Waals surface area contributed by atoms with E-state index in [1.807, 2.05) is 19.9 Å². The molecule has 0 aliphatic carbocycles. The Kier molecular flexibility index (Phi) is 6.40. The molecule has 0 fully saturated rings. The van der Waals surface area contributed by atoms with Crippen LogP contribution in [0.25, 0.3) is 16.9 Å². The maximum Gasteiger partial charge on any atom is 0.256 e. The van der Waals surface area contributed by atoms with E-state index >= 15 is 0 Å². The van der Waals surface area contributed by atoms with Crippen molar-refractivity contribution in [1.82, 2.24) is 24.9 Å². The van der Waals surface area contributed by atoms with Gasteiger partial charge >= 0.3 is 0 Å². The average Bonchev–Trinajstić information content (AvgIpc) is 3.15. The molecule has 0 radical (unpaired) electrons. The summed E-state index contributed by atoms with van der Waals surface area (Å²) in [4.78, 5) is 21.3. The van der Waals surface area contributed by atoms with E-state index in [1.165, 1.54) is 24.6 Å². The maximum atomic E-state index is 14.1. The van der Waals surface area contributed by atoms with Gasteiger partial charge in [-0.25, -0.2) is 14.4 Å². The minimum absolute atomic E-state index is 0.00208. The van der Waals surface area contributed by atoms with Gasteiger partial charge in [-0.2, -0.15) is 9.61 Å². The van der Waals surface area contributed by atoms with E-state index in [2.05, 4.69) is 25.7 Å². The first kappa shape index (κ1) is 22.4. The Labute approximate surface area is 179 Å². The number of hydrogen-bond acceptors (Lipinski definition) is 7. The summed E-state index contributed by atoms with van der Waals surface area (Å²) in [5, 5.41) is 20.1. The van der Waals surface area contributed by atoms with Crippen molar-refractivity contribution in [3.8, 4) is 17.1 Å². The number of fused-ring (bicyclic) bond motifs is 1. The summed E-state index contributed by atoms with van der Waals surface area (Å²) < 4.78 is 20.7. The van der Waals surface area contributed by atoms with Crippen LogP contribution in [0.15, 0.2) is 30.6 Å². The van der Waals surface area contributed by atoms with E-state index in [1.54, 1.807) is 25.4 Å². The Hall–Kier alpha value is -3.27. The van der Waals surface area contributed by atoms with Crippen molar-refractivity contribution in [3.05, 3.63) is 36.2 Å². The molecule has 3 N–H and O–H groups in total. The zero-order valence-corrected chi connectivity index (χ0v) is 18.2. The van der Waals surface area contributed by atoms with Crippen LogP contribution in [0.1, 0.15) is 38.1 Å². The molecule has 0 aromatic carbocycles. The van der Waals surface area contributed by atoms with E-state index in [9.17, 15) is 14.3 Å². The quantitative estimate of drug-likeness (QED) is 0.503. The lowest BCUT2D eigenvalue weighted by atomic mass is 10.0. The number of ether oxygens (including phenoxy) is 1. The number of hydrogen-bond donors (Lipinski definition) is 3. The van der Waals surface area contributed by atoms with Crippen LogP contribution < -0.4 is 15.4 Å². The molecule has 1 unspecified atom stereocenters. The normalized spacial score (nSPS) is 12.8. The fraction of sp³-hybridized carbons (Fsp3) is 0.429. The Morgan fingerprint density at radius 3 is 2.61 bits per heavy atom. The van der Waals surface area contributed by atoms with Crippen molar-refractivity contribution in [2.45, 2.75) is 45.5 Å². The second-order valence-electron chi connectivity index (χ2n) is 8.04. The average molecular weight is 430 g/mol. The minimum Gasteiger partial charge on any atom is -0.481 e. The maximum absolute atomic E-state index is 14.1. The molecule has 0 saturated carbocycles. The van der Waals surface area contributed by atoms with Crippen LogP contribution in [0.5, 0.6) is 5.88 Å². The number of nitrogens with zero attached hydrogens (tertiary/aromatic N) is 4. The van der Waals surface area contributed by atoms with Crippen LogP contribution in [0.4, 0.5) is 10.2 Å². The fourth-order valence-corrected chi connectivity index (χ4v) is 2.83. The monoisotopic (exact) mass is 430 g/mol. The molecule has 1 atom stereocenters. The van der Waals surface area contributed by atoms with Gasteiger partial charge in [0, 0.05) is 36.1 Å². The van der Waals surface area contributed by atoms with E-state index in [0.29, 0.717) is 23.0 Å². The van der Waals surface area contributed by atoms with Crippen LogP contribution in [0.2, 0.25) is 0 Å². The molecule has 0 aliphatic heterocycles. The molecule has 3 rings (SSSR count). The molecule has 3 aromatic rings. The van der Waals surface area contributed by atoms with Crippen molar-refractivity contribution in [3.63, 3.8) is 0 Å². The summed E-state index contributed by atoms with van der Waals surface area (Å²) in [7, 11) is 1.54. The highest BCUT2D eigenvalue weighted by atomic mass is 19.1. The van der Waals surface area contributed by atoms with Crippen LogP contribution in [0.3, 0.4) is 0 Å². The van der Waals surface area contributed by atoms with Gasteiger partial charge in [-0.3, -0.25) is 4.79 Å². The number of pyridine rings is 1. The van der Waals surface area contributed by atoms with Gasteiger partial charge in [0.2, 0.25) is 5.88 Å². The number of amides is 1. The van der Waals surface area contributed by atoms with Crippen LogP contribution in [-0.2, 0) is 0 Å². The molecule has 0 aliphatic rings. The third-order valence-corrected chi connectivity index (χ3v) is 4.60. The molecule has 10 heteroatoms. The van der Waals surface area contributed by atoms with Crippen molar-refractivity contribution in [2.75, 3.05) is 19.0 Å². The first-order valence-electron chi connectivity index (χ1n) is 9.90. The molecule has 166 valence electrons. The second-order valence-corrected chi connectivity index (χ2v) is 8.04. The molecule has 3 aromatic heterocycles. The molecule has 9 nitrogen and oxygen atoms in total. The van der Waals surface area contributed by atoms with E-state index < -0.39 is 17.7 Å². The molecule has 0 bridgehead atoms. The van der Waals surface area contributed by atoms with Gasteiger partial charge in [0.05, 0.1) is 24.9 Å². The van der Waals surface area contributed by atoms with E-state index in [-0.39, 0.29) is 18.2 Å². The summed E-state index contributed by atoms with van der Waals surface area (Å²) >= 11 is 0. The number of anilines is 1. The number of aliphatic hydroxyl groups is 1. The van der Waals surface area contributed by atoms with E-state index in [0.717, 1.165) is 5.56 Å². The SMILES string of the molecule is COc1ccc(-c2cc3ncc(C(=O)NCC(F)C(C)(C)O)c(NC(C)C)n3n2)cn1. The van der Waals surface area contributed by atoms with Gasteiger partial charge in [0.1, 0.15) is 17.6 Å². The Balaban J connectivity index is 1.97. The Morgan fingerprint density at radius 1 is 1.29 bits per heavy atom. The number of methoxy groups -OCH3 is 1. The minimum atomic E-state index is -1.62. The van der Waals surface area contributed by atoms with Gasteiger partial charge in [-0.1, -0.05) is 0 Å². The first-order valence-corrected chi connectivity index (χ1v) is 9.90. The third kappa shape index (κ3) is 5.08. The first-order chi connectivity index (χ1) is 14.6. The van der Waals surface area contributed by atoms with E-state index in [4.69, 9.17) is 4.74 Å². The van der Waals surface area contributed by atoms with Crippen LogP contribution in [0, 0.1) is 0 Å². The lowest BCUT2D eigenvalue weighted by Gasteiger charge is -2.22.